The number of hydrogen-bond donors (Lipinski definition) is 0. The lowest BCUT2D eigenvalue weighted by atomic mass is 10.3. The Bertz CT molecular complexity index is 520. The van der Waals surface area contributed by atoms with Gasteiger partial charge in [-0.1, -0.05) is 12.1 Å². The van der Waals surface area contributed by atoms with Crippen LogP contribution in [-0.2, 0) is 4.79 Å². The van der Waals surface area contributed by atoms with Crippen LogP contribution in [0.2, 0.25) is 0 Å². The second-order valence-electron chi connectivity index (χ2n) is 2.97. The van der Waals surface area contributed by atoms with Crippen molar-refractivity contribution >= 4 is 11.8 Å². The average molecular weight is 212 g/mol. The molecule has 16 heavy (non-hydrogen) atoms. The highest BCUT2D eigenvalue weighted by molar-refractivity contribution is 5.51. The van der Waals surface area contributed by atoms with E-state index >= 15 is 0 Å². The van der Waals surface area contributed by atoms with Gasteiger partial charge in [-0.25, -0.2) is 9.78 Å². The van der Waals surface area contributed by atoms with Gasteiger partial charge in [0.2, 0.25) is 12.0 Å². The fourth-order valence-electron chi connectivity index (χ4n) is 1.20. The van der Waals surface area contributed by atoms with Gasteiger partial charge in [-0.05, 0) is 18.2 Å². The minimum Gasteiger partial charge on any atom is -0.439 e. The van der Waals surface area contributed by atoms with Gasteiger partial charge in [0, 0.05) is 18.3 Å². The number of ether oxygens (including phenoxy) is 1. The van der Waals surface area contributed by atoms with Crippen LogP contribution in [0.5, 0.6) is 11.6 Å². The van der Waals surface area contributed by atoms with Crippen molar-refractivity contribution in [2.24, 2.45) is 4.99 Å². The highest BCUT2D eigenvalue weighted by atomic mass is 16.5. The molecule has 0 aliphatic carbocycles. The summed E-state index contributed by atoms with van der Waals surface area (Å²) in [4.78, 5) is 17.6. The van der Waals surface area contributed by atoms with E-state index in [-0.39, 0.29) is 0 Å². The predicted molar refractivity (Wildman–Crippen MR) is 58.5 cm³/mol. The van der Waals surface area contributed by atoms with Crippen molar-refractivity contribution in [3.05, 3.63) is 48.7 Å². The fourth-order valence-corrected chi connectivity index (χ4v) is 1.20. The number of carbonyl (C=O) groups excluding carboxylic acids is 1. The van der Waals surface area contributed by atoms with Crippen molar-refractivity contribution in [3.63, 3.8) is 0 Å². The minimum atomic E-state index is 0.495. The maximum Gasteiger partial charge on any atom is 0.240 e. The molecule has 1 aromatic heterocycles. The lowest BCUT2D eigenvalue weighted by Crippen LogP contribution is -1.85. The molecule has 1 aromatic carbocycles. The molecule has 0 saturated heterocycles. The molecule has 0 N–H and O–H groups in total. The molecule has 4 heteroatoms. The van der Waals surface area contributed by atoms with Gasteiger partial charge < -0.3 is 4.74 Å². The second-order valence-corrected chi connectivity index (χ2v) is 2.97. The molecule has 4 nitrogen and oxygen atoms in total. The molecule has 0 aliphatic heterocycles. The Balaban J connectivity index is 2.22. The quantitative estimate of drug-likeness (QED) is 0.580. The maximum atomic E-state index is 10.1. The van der Waals surface area contributed by atoms with Crippen molar-refractivity contribution < 1.29 is 9.53 Å². The summed E-state index contributed by atoms with van der Waals surface area (Å²) < 4.78 is 5.46. The van der Waals surface area contributed by atoms with E-state index in [2.05, 4.69) is 9.98 Å². The van der Waals surface area contributed by atoms with Gasteiger partial charge in [0.05, 0.1) is 5.69 Å². The Morgan fingerprint density at radius 2 is 2.12 bits per heavy atom. The summed E-state index contributed by atoms with van der Waals surface area (Å²) in [6, 6.07) is 12.2. The number of nitrogens with zero attached hydrogens (tertiary/aromatic N) is 2. The van der Waals surface area contributed by atoms with Crippen molar-refractivity contribution in [1.82, 2.24) is 4.98 Å². The molecule has 0 spiro atoms. The maximum absolute atomic E-state index is 10.1. The molecule has 2 aromatic rings. The number of rotatable bonds is 3. The molecular formula is C12H8N2O2. The van der Waals surface area contributed by atoms with Gasteiger partial charge in [0.1, 0.15) is 5.75 Å². The zero-order valence-electron chi connectivity index (χ0n) is 8.33. The van der Waals surface area contributed by atoms with E-state index in [1.54, 1.807) is 42.6 Å². The molecule has 0 aliphatic rings. The monoisotopic (exact) mass is 212 g/mol. The molecule has 0 bridgehead atoms. The molecule has 0 unspecified atom stereocenters. The summed E-state index contributed by atoms with van der Waals surface area (Å²) in [6.07, 6.45) is 3.12. The van der Waals surface area contributed by atoms with Crippen molar-refractivity contribution in [2.45, 2.75) is 0 Å². The minimum absolute atomic E-state index is 0.495. The summed E-state index contributed by atoms with van der Waals surface area (Å²) in [5.74, 6) is 1.07. The number of isocyanates is 1. The Labute approximate surface area is 92.2 Å². The molecule has 0 atom stereocenters. The van der Waals surface area contributed by atoms with Crippen molar-refractivity contribution in [3.8, 4) is 11.6 Å². The Kier molecular flexibility index (Phi) is 3.07. The first kappa shape index (κ1) is 10.1. The third kappa shape index (κ3) is 2.53. The van der Waals surface area contributed by atoms with Crippen LogP contribution in [0.4, 0.5) is 5.69 Å². The Morgan fingerprint density at radius 3 is 2.88 bits per heavy atom. The van der Waals surface area contributed by atoms with Crippen molar-refractivity contribution in [2.75, 3.05) is 0 Å². The summed E-state index contributed by atoms with van der Waals surface area (Å²) in [6.45, 7) is 0. The van der Waals surface area contributed by atoms with Crippen LogP contribution in [-0.4, -0.2) is 11.1 Å². The van der Waals surface area contributed by atoms with Gasteiger partial charge in [-0.2, -0.15) is 4.99 Å². The number of hydrogen-bond acceptors (Lipinski definition) is 4. The van der Waals surface area contributed by atoms with Crippen LogP contribution < -0.4 is 4.74 Å². The fraction of sp³-hybridized carbons (Fsp3) is 0. The van der Waals surface area contributed by atoms with Gasteiger partial charge in [0.25, 0.3) is 0 Å². The normalized spacial score (nSPS) is 9.25. The number of benzene rings is 1. The van der Waals surface area contributed by atoms with Gasteiger partial charge in [-0.3, -0.25) is 0 Å². The first-order valence-electron chi connectivity index (χ1n) is 4.65. The molecule has 2 rings (SSSR count). The molecule has 0 radical (unpaired) electrons. The van der Waals surface area contributed by atoms with Gasteiger partial charge in [-0.15, -0.1) is 0 Å². The van der Waals surface area contributed by atoms with Gasteiger partial charge in [0.15, 0.2) is 0 Å². The van der Waals surface area contributed by atoms with Gasteiger partial charge >= 0.3 is 0 Å². The largest absolute Gasteiger partial charge is 0.439 e. The first-order chi connectivity index (χ1) is 7.88. The van der Waals surface area contributed by atoms with E-state index in [9.17, 15) is 4.79 Å². The SMILES string of the molecule is O=C=Nc1cccc(Oc2ccccn2)c1. The highest BCUT2D eigenvalue weighted by Gasteiger charge is 1.98. The standard InChI is InChI=1S/C12H8N2O2/c15-9-14-10-4-3-5-11(8-10)16-12-6-1-2-7-13-12/h1-8H. The molecule has 0 saturated carbocycles. The number of pyridine rings is 1. The Morgan fingerprint density at radius 1 is 1.19 bits per heavy atom. The van der Waals surface area contributed by atoms with E-state index in [1.165, 1.54) is 6.08 Å². The number of aliphatic imine (C=N–C) groups is 1. The lowest BCUT2D eigenvalue weighted by Gasteiger charge is -2.03. The Hall–Kier alpha value is -2.45. The van der Waals surface area contributed by atoms with Crippen LogP contribution in [0, 0.1) is 0 Å². The van der Waals surface area contributed by atoms with Crippen LogP contribution in [0.1, 0.15) is 0 Å². The van der Waals surface area contributed by atoms with Crippen molar-refractivity contribution in [1.29, 1.82) is 0 Å². The van der Waals surface area contributed by atoms with Crippen LogP contribution >= 0.6 is 0 Å². The average Bonchev–Trinajstić information content (AvgIpc) is 2.31. The summed E-state index contributed by atoms with van der Waals surface area (Å²) >= 11 is 0. The van der Waals surface area contributed by atoms with E-state index in [1.807, 2.05) is 6.07 Å². The number of aromatic nitrogens is 1. The smallest absolute Gasteiger partial charge is 0.240 e. The van der Waals surface area contributed by atoms with E-state index in [0.717, 1.165) is 0 Å². The molecule has 0 amide bonds. The molecule has 1 heterocycles. The zero-order valence-corrected chi connectivity index (χ0v) is 8.33. The van der Waals surface area contributed by atoms with E-state index < -0.39 is 0 Å². The summed E-state index contributed by atoms with van der Waals surface area (Å²) in [5.41, 5.74) is 0.503. The summed E-state index contributed by atoms with van der Waals surface area (Å²) in [5, 5.41) is 0. The third-order valence-corrected chi connectivity index (χ3v) is 1.85. The highest BCUT2D eigenvalue weighted by Crippen LogP contribution is 2.23. The molecule has 0 fully saturated rings. The van der Waals surface area contributed by atoms with Crippen LogP contribution in [0.25, 0.3) is 0 Å². The van der Waals surface area contributed by atoms with Crippen LogP contribution in [0.3, 0.4) is 0 Å². The van der Waals surface area contributed by atoms with E-state index in [0.29, 0.717) is 17.3 Å². The predicted octanol–water partition coefficient (Wildman–Crippen LogP) is 2.84. The van der Waals surface area contributed by atoms with Crippen LogP contribution in [0.15, 0.2) is 53.7 Å². The summed E-state index contributed by atoms with van der Waals surface area (Å²) in [7, 11) is 0. The molecule has 78 valence electrons. The zero-order chi connectivity index (χ0) is 11.2. The van der Waals surface area contributed by atoms with E-state index in [4.69, 9.17) is 4.74 Å². The first-order valence-corrected chi connectivity index (χ1v) is 4.65. The third-order valence-electron chi connectivity index (χ3n) is 1.85. The molecular weight excluding hydrogens is 204 g/mol. The second kappa shape index (κ2) is 4.87. The lowest BCUT2D eigenvalue weighted by molar-refractivity contribution is 0.463. The topological polar surface area (TPSA) is 51.5 Å².